The van der Waals surface area contributed by atoms with Crippen molar-refractivity contribution in [2.75, 3.05) is 39.3 Å². The molecule has 0 amide bonds. The minimum Gasteiger partial charge on any atom is -0.304 e. The van der Waals surface area contributed by atoms with Crippen LogP contribution in [0.25, 0.3) is 0 Å². The lowest BCUT2D eigenvalue weighted by Crippen LogP contribution is -2.32. The molecule has 0 spiro atoms. The minimum absolute atomic E-state index is 0.979. The largest absolute Gasteiger partial charge is 0.304 e. The monoisotopic (exact) mass is 300 g/mol. The molecule has 0 aromatic carbocycles. The van der Waals surface area contributed by atoms with Gasteiger partial charge in [0.05, 0.1) is 0 Å². The van der Waals surface area contributed by atoms with Gasteiger partial charge in [-0.3, -0.25) is 0 Å². The second-order valence-electron chi connectivity index (χ2n) is 5.61. The Bertz CT molecular complexity index is 168. The van der Waals surface area contributed by atoms with Crippen molar-refractivity contribution in [1.82, 2.24) is 9.80 Å². The summed E-state index contributed by atoms with van der Waals surface area (Å²) in [7, 11) is 0. The van der Waals surface area contributed by atoms with Gasteiger partial charge in [-0.2, -0.15) is 0 Å². The summed E-state index contributed by atoms with van der Waals surface area (Å²) >= 11 is 0. The van der Waals surface area contributed by atoms with E-state index < -0.39 is 0 Å². The highest BCUT2D eigenvalue weighted by Crippen LogP contribution is 2.14. The minimum atomic E-state index is 0.979. The molecule has 2 heterocycles. The average Bonchev–Trinajstić information content (AvgIpc) is 2.60. The zero-order valence-electron chi connectivity index (χ0n) is 16.2. The van der Waals surface area contributed by atoms with E-state index in [4.69, 9.17) is 0 Å². The molecule has 0 saturated carbocycles. The lowest BCUT2D eigenvalue weighted by atomic mass is 9.99. The van der Waals surface area contributed by atoms with E-state index in [-0.39, 0.29) is 0 Å². The standard InChI is InChI=1S/C8H17N.C7H15N.2C2H6/c1-3-9-6-4-8(2)5-7-9;1-2-8-6-4-3-5-7-8;2*1-2/h8H,3-7H2,1-2H3;2-7H2,1H3;2*1-2H3. The van der Waals surface area contributed by atoms with Crippen LogP contribution in [0.1, 0.15) is 80.6 Å². The van der Waals surface area contributed by atoms with Crippen LogP contribution >= 0.6 is 0 Å². The molecule has 0 aromatic rings. The molecular formula is C19H44N2. The van der Waals surface area contributed by atoms with Crippen LogP contribution in [-0.4, -0.2) is 49.1 Å². The number of piperidine rings is 2. The molecule has 2 aliphatic rings. The smallest absolute Gasteiger partial charge is 0.00163 e. The van der Waals surface area contributed by atoms with Crippen molar-refractivity contribution in [3.8, 4) is 0 Å². The van der Waals surface area contributed by atoms with Crippen LogP contribution in [0.3, 0.4) is 0 Å². The van der Waals surface area contributed by atoms with Gasteiger partial charge in [0.25, 0.3) is 0 Å². The van der Waals surface area contributed by atoms with Crippen LogP contribution in [0.4, 0.5) is 0 Å². The fourth-order valence-electron chi connectivity index (χ4n) is 2.65. The molecule has 0 radical (unpaired) electrons. The van der Waals surface area contributed by atoms with Crippen molar-refractivity contribution in [2.45, 2.75) is 80.6 Å². The van der Waals surface area contributed by atoms with E-state index in [2.05, 4.69) is 30.6 Å². The van der Waals surface area contributed by atoms with E-state index in [0.717, 1.165) is 5.92 Å². The highest BCUT2D eigenvalue weighted by molar-refractivity contribution is 4.67. The first-order valence-electron chi connectivity index (χ1n) is 9.71. The van der Waals surface area contributed by atoms with Crippen LogP contribution in [0.2, 0.25) is 0 Å². The molecular weight excluding hydrogens is 256 g/mol. The van der Waals surface area contributed by atoms with E-state index in [1.807, 2.05) is 27.7 Å². The van der Waals surface area contributed by atoms with Gasteiger partial charge in [-0.05, 0) is 70.9 Å². The van der Waals surface area contributed by atoms with Gasteiger partial charge in [-0.25, -0.2) is 0 Å². The van der Waals surface area contributed by atoms with Crippen LogP contribution in [0.15, 0.2) is 0 Å². The van der Waals surface area contributed by atoms with E-state index in [0.29, 0.717) is 0 Å². The van der Waals surface area contributed by atoms with Gasteiger partial charge in [0, 0.05) is 0 Å². The summed E-state index contributed by atoms with van der Waals surface area (Å²) in [6, 6.07) is 0. The summed E-state index contributed by atoms with van der Waals surface area (Å²) in [4.78, 5) is 5.05. The zero-order chi connectivity index (χ0) is 16.5. The predicted molar refractivity (Wildman–Crippen MR) is 99.2 cm³/mol. The molecule has 130 valence electrons. The maximum absolute atomic E-state index is 2.53. The molecule has 2 rings (SSSR count). The molecule has 2 fully saturated rings. The fourth-order valence-corrected chi connectivity index (χ4v) is 2.65. The summed E-state index contributed by atoms with van der Waals surface area (Å²) in [5.74, 6) is 0.979. The Kier molecular flexibility index (Phi) is 19.8. The Morgan fingerprint density at radius 3 is 1.38 bits per heavy atom. The maximum atomic E-state index is 2.53. The van der Waals surface area contributed by atoms with Crippen molar-refractivity contribution in [2.24, 2.45) is 5.92 Å². The summed E-state index contributed by atoms with van der Waals surface area (Å²) in [5, 5.41) is 0. The van der Waals surface area contributed by atoms with E-state index in [9.17, 15) is 0 Å². The number of hydrogen-bond acceptors (Lipinski definition) is 2. The summed E-state index contributed by atoms with van der Waals surface area (Å²) < 4.78 is 0. The van der Waals surface area contributed by atoms with Gasteiger partial charge in [-0.1, -0.05) is 54.9 Å². The Hall–Kier alpha value is -0.0800. The predicted octanol–water partition coefficient (Wildman–Crippen LogP) is 5.28. The van der Waals surface area contributed by atoms with Gasteiger partial charge in [0.2, 0.25) is 0 Å². The van der Waals surface area contributed by atoms with Gasteiger partial charge < -0.3 is 9.80 Å². The quantitative estimate of drug-likeness (QED) is 0.684. The Morgan fingerprint density at radius 2 is 1.05 bits per heavy atom. The SMILES string of the molecule is CC.CC.CCN1CCC(C)CC1.CCN1CCCCC1. The van der Waals surface area contributed by atoms with Crippen LogP contribution < -0.4 is 0 Å². The number of hydrogen-bond donors (Lipinski definition) is 0. The average molecular weight is 301 g/mol. The summed E-state index contributed by atoms with van der Waals surface area (Å²) in [6.45, 7) is 22.7. The molecule has 21 heavy (non-hydrogen) atoms. The van der Waals surface area contributed by atoms with Crippen LogP contribution in [0.5, 0.6) is 0 Å². The Labute approximate surface area is 136 Å². The highest BCUT2D eigenvalue weighted by Gasteiger charge is 2.12. The molecule has 0 aromatic heterocycles. The normalized spacial score (nSPS) is 20.1. The highest BCUT2D eigenvalue weighted by atomic mass is 15.1. The molecule has 2 aliphatic heterocycles. The van der Waals surface area contributed by atoms with E-state index >= 15 is 0 Å². The van der Waals surface area contributed by atoms with Crippen LogP contribution in [0, 0.1) is 5.92 Å². The zero-order valence-corrected chi connectivity index (χ0v) is 16.2. The van der Waals surface area contributed by atoms with Crippen LogP contribution in [-0.2, 0) is 0 Å². The van der Waals surface area contributed by atoms with E-state index in [1.54, 1.807) is 0 Å². The second kappa shape index (κ2) is 18.0. The first-order chi connectivity index (χ1) is 10.3. The molecule has 0 unspecified atom stereocenters. The van der Waals surface area contributed by atoms with Crippen molar-refractivity contribution in [1.29, 1.82) is 0 Å². The fraction of sp³-hybridized carbons (Fsp3) is 1.00. The van der Waals surface area contributed by atoms with Gasteiger partial charge in [0.1, 0.15) is 0 Å². The third-order valence-electron chi connectivity index (χ3n) is 4.22. The molecule has 2 saturated heterocycles. The maximum Gasteiger partial charge on any atom is -0.00163 e. The third kappa shape index (κ3) is 13.3. The van der Waals surface area contributed by atoms with Gasteiger partial charge in [0.15, 0.2) is 0 Å². The Balaban J connectivity index is 0. The number of rotatable bonds is 2. The molecule has 0 atom stereocenters. The molecule has 0 bridgehead atoms. The Morgan fingerprint density at radius 1 is 0.667 bits per heavy atom. The first kappa shape index (κ1) is 23.2. The van der Waals surface area contributed by atoms with Crippen molar-refractivity contribution in [3.63, 3.8) is 0 Å². The summed E-state index contributed by atoms with van der Waals surface area (Å²) in [5.41, 5.74) is 0. The molecule has 0 N–H and O–H groups in total. The van der Waals surface area contributed by atoms with Crippen molar-refractivity contribution >= 4 is 0 Å². The molecule has 2 nitrogen and oxygen atoms in total. The third-order valence-corrected chi connectivity index (χ3v) is 4.22. The topological polar surface area (TPSA) is 6.48 Å². The lowest BCUT2D eigenvalue weighted by molar-refractivity contribution is 0.201. The van der Waals surface area contributed by atoms with Crippen molar-refractivity contribution in [3.05, 3.63) is 0 Å². The number of likely N-dealkylation sites (tertiary alicyclic amines) is 2. The molecule has 2 heteroatoms. The van der Waals surface area contributed by atoms with Crippen molar-refractivity contribution < 1.29 is 0 Å². The number of nitrogens with zero attached hydrogens (tertiary/aromatic N) is 2. The lowest BCUT2D eigenvalue weighted by Gasteiger charge is -2.28. The van der Waals surface area contributed by atoms with Gasteiger partial charge in [-0.15, -0.1) is 0 Å². The summed E-state index contributed by atoms with van der Waals surface area (Å²) in [6.07, 6.45) is 7.12. The van der Waals surface area contributed by atoms with Gasteiger partial charge >= 0.3 is 0 Å². The second-order valence-corrected chi connectivity index (χ2v) is 5.61. The first-order valence-corrected chi connectivity index (χ1v) is 9.71. The molecule has 0 aliphatic carbocycles. The van der Waals surface area contributed by atoms with E-state index in [1.165, 1.54) is 71.4 Å².